The molecular weight excluding hydrogens is 506 g/mol. The van der Waals surface area contributed by atoms with E-state index < -0.39 is 5.41 Å². The second-order valence-corrected chi connectivity index (χ2v) is 16.3. The minimum atomic E-state index is -0.698. The van der Waals surface area contributed by atoms with Crippen LogP contribution in [-0.2, 0) is 16.1 Å². The summed E-state index contributed by atoms with van der Waals surface area (Å²) in [7, 11) is 0. The molecular formula is C37H53NO3. The standard InChI is InChI=1S/C37H53NO3/c1-23(2)30-26(39)21-37(32(41)38-22-24-11-9-8-10-12-24)20-19-35(6)25(31(30)37)13-14-28-34(5)17-16-29(40)33(3,4)27(34)15-18-36(28,35)7/h8-12,23,25,27-29,40H,13-22H2,1-7H3,(H,38,41)/t25-,27+,28-,29+,34+,35-,36-,37-/m1/s1. The highest BCUT2D eigenvalue weighted by Gasteiger charge is 2.70. The normalized spacial score (nSPS) is 43.2. The summed E-state index contributed by atoms with van der Waals surface area (Å²) in [6.07, 6.45) is 8.44. The van der Waals surface area contributed by atoms with E-state index in [2.05, 4.69) is 65.9 Å². The molecule has 4 fully saturated rings. The first kappa shape index (κ1) is 29.1. The molecule has 5 aliphatic carbocycles. The number of carbonyl (C=O) groups excluding carboxylic acids is 2. The van der Waals surface area contributed by atoms with Crippen molar-refractivity contribution in [2.24, 2.45) is 50.7 Å². The predicted molar refractivity (Wildman–Crippen MR) is 164 cm³/mol. The Hall–Kier alpha value is -1.94. The van der Waals surface area contributed by atoms with Gasteiger partial charge >= 0.3 is 0 Å². The van der Waals surface area contributed by atoms with Crippen molar-refractivity contribution < 1.29 is 14.7 Å². The molecule has 0 aliphatic heterocycles. The second kappa shape index (κ2) is 9.53. The van der Waals surface area contributed by atoms with E-state index in [-0.39, 0.29) is 51.3 Å². The van der Waals surface area contributed by atoms with E-state index in [1.54, 1.807) is 0 Å². The first-order chi connectivity index (χ1) is 19.2. The smallest absolute Gasteiger partial charge is 0.231 e. The van der Waals surface area contributed by atoms with Crippen LogP contribution in [0.2, 0.25) is 0 Å². The van der Waals surface area contributed by atoms with Gasteiger partial charge in [0.05, 0.1) is 11.5 Å². The number of benzene rings is 1. The van der Waals surface area contributed by atoms with E-state index in [0.29, 0.717) is 24.8 Å². The van der Waals surface area contributed by atoms with Crippen molar-refractivity contribution in [1.82, 2.24) is 5.32 Å². The van der Waals surface area contributed by atoms with Gasteiger partial charge in [0.2, 0.25) is 5.91 Å². The molecule has 0 aromatic heterocycles. The first-order valence-corrected chi connectivity index (χ1v) is 16.5. The third kappa shape index (κ3) is 3.87. The van der Waals surface area contributed by atoms with Crippen LogP contribution in [0.5, 0.6) is 0 Å². The summed E-state index contributed by atoms with van der Waals surface area (Å²) < 4.78 is 0. The number of nitrogens with one attached hydrogen (secondary N) is 1. The lowest BCUT2D eigenvalue weighted by atomic mass is 9.33. The molecule has 4 saturated carbocycles. The van der Waals surface area contributed by atoms with Crippen molar-refractivity contribution in [2.75, 3.05) is 0 Å². The molecule has 4 heteroatoms. The van der Waals surface area contributed by atoms with Crippen LogP contribution in [0.4, 0.5) is 0 Å². The van der Waals surface area contributed by atoms with Crippen LogP contribution < -0.4 is 5.32 Å². The maximum Gasteiger partial charge on any atom is 0.231 e. The molecule has 8 atom stereocenters. The average Bonchev–Trinajstić information content (AvgIpc) is 3.24. The van der Waals surface area contributed by atoms with E-state index in [9.17, 15) is 14.7 Å². The zero-order chi connectivity index (χ0) is 29.6. The molecule has 0 heterocycles. The molecule has 5 aliphatic rings. The summed E-state index contributed by atoms with van der Waals surface area (Å²) in [5, 5.41) is 14.3. The molecule has 0 bridgehead atoms. The van der Waals surface area contributed by atoms with Crippen molar-refractivity contribution in [2.45, 2.75) is 119 Å². The monoisotopic (exact) mass is 559 g/mol. The summed E-state index contributed by atoms with van der Waals surface area (Å²) in [6.45, 7) is 17.1. The van der Waals surface area contributed by atoms with Crippen LogP contribution in [0.3, 0.4) is 0 Å². The molecule has 224 valence electrons. The van der Waals surface area contributed by atoms with Crippen LogP contribution in [0, 0.1) is 50.7 Å². The number of rotatable bonds is 4. The molecule has 6 rings (SSSR count). The third-order valence-corrected chi connectivity index (χ3v) is 14.1. The highest BCUT2D eigenvalue weighted by atomic mass is 16.3. The fourth-order valence-electron chi connectivity index (χ4n) is 11.8. The lowest BCUT2D eigenvalue weighted by Crippen LogP contribution is -2.66. The number of Topliss-reactive ketones (excluding diaryl/α,β-unsaturated/α-hetero) is 1. The SMILES string of the molecule is CC(C)C1=C2[C@H]3CC[C@@H]4[C@@]5(C)CC[C@H](O)C(C)(C)[C@@H]5CC[C@@]4(C)[C@]3(C)CC[C@@]2(C(=O)NCc2ccccc2)CC1=O. The summed E-state index contributed by atoms with van der Waals surface area (Å²) in [6, 6.07) is 10.1. The van der Waals surface area contributed by atoms with Gasteiger partial charge in [-0.25, -0.2) is 0 Å². The first-order valence-electron chi connectivity index (χ1n) is 16.5. The summed E-state index contributed by atoms with van der Waals surface area (Å²) in [5.74, 6) is 1.80. The fourth-order valence-corrected chi connectivity index (χ4v) is 11.8. The number of hydrogen-bond donors (Lipinski definition) is 2. The van der Waals surface area contributed by atoms with Crippen molar-refractivity contribution in [3.63, 3.8) is 0 Å². The number of fused-ring (bicyclic) bond motifs is 7. The number of aliphatic hydroxyl groups excluding tert-OH is 1. The molecule has 1 amide bonds. The van der Waals surface area contributed by atoms with E-state index in [1.165, 1.54) is 12.0 Å². The van der Waals surface area contributed by atoms with Gasteiger partial charge in [0, 0.05) is 13.0 Å². The lowest BCUT2D eigenvalue weighted by Gasteiger charge is -2.72. The van der Waals surface area contributed by atoms with Gasteiger partial charge in [0.25, 0.3) is 0 Å². The second-order valence-electron chi connectivity index (χ2n) is 16.3. The number of amides is 1. The van der Waals surface area contributed by atoms with Crippen molar-refractivity contribution in [1.29, 1.82) is 0 Å². The van der Waals surface area contributed by atoms with Crippen LogP contribution in [-0.4, -0.2) is 22.9 Å². The molecule has 41 heavy (non-hydrogen) atoms. The maximum absolute atomic E-state index is 14.2. The molecule has 0 saturated heterocycles. The highest BCUT2D eigenvalue weighted by molar-refractivity contribution is 6.06. The molecule has 4 nitrogen and oxygen atoms in total. The van der Waals surface area contributed by atoms with Crippen LogP contribution in [0.15, 0.2) is 41.5 Å². The molecule has 0 spiro atoms. The van der Waals surface area contributed by atoms with Crippen molar-refractivity contribution >= 4 is 11.7 Å². The number of allylic oxidation sites excluding steroid dienone is 1. The van der Waals surface area contributed by atoms with E-state index in [1.807, 2.05) is 18.2 Å². The van der Waals surface area contributed by atoms with Gasteiger partial charge in [-0.1, -0.05) is 78.8 Å². The molecule has 1 aromatic carbocycles. The van der Waals surface area contributed by atoms with Gasteiger partial charge in [-0.2, -0.15) is 0 Å². The van der Waals surface area contributed by atoms with Crippen LogP contribution in [0.1, 0.15) is 112 Å². The average molecular weight is 560 g/mol. The lowest BCUT2D eigenvalue weighted by molar-refractivity contribution is -0.228. The quantitative estimate of drug-likeness (QED) is 0.398. The Kier molecular flexibility index (Phi) is 6.77. The van der Waals surface area contributed by atoms with Gasteiger partial charge in [0.15, 0.2) is 5.78 Å². The highest BCUT2D eigenvalue weighted by Crippen LogP contribution is 2.76. The van der Waals surface area contributed by atoms with Crippen molar-refractivity contribution in [3.8, 4) is 0 Å². The maximum atomic E-state index is 14.2. The van der Waals surface area contributed by atoms with Crippen LogP contribution in [0.25, 0.3) is 0 Å². The zero-order valence-electron chi connectivity index (χ0n) is 26.6. The molecule has 2 N–H and O–H groups in total. The number of carbonyl (C=O) groups is 2. The Labute approximate surface area is 248 Å². The third-order valence-electron chi connectivity index (χ3n) is 14.1. The zero-order valence-corrected chi connectivity index (χ0v) is 26.6. The summed E-state index contributed by atoms with van der Waals surface area (Å²) in [5.41, 5.74) is 2.94. The summed E-state index contributed by atoms with van der Waals surface area (Å²) >= 11 is 0. The Morgan fingerprint density at radius 3 is 2.29 bits per heavy atom. The largest absolute Gasteiger partial charge is 0.393 e. The fraction of sp³-hybridized carbons (Fsp3) is 0.730. The van der Waals surface area contributed by atoms with Crippen LogP contribution >= 0.6 is 0 Å². The summed E-state index contributed by atoms with van der Waals surface area (Å²) in [4.78, 5) is 28.0. The van der Waals surface area contributed by atoms with Gasteiger partial charge in [-0.05, 0) is 113 Å². The predicted octanol–water partition coefficient (Wildman–Crippen LogP) is 7.64. The number of ketones is 1. The Morgan fingerprint density at radius 1 is 0.902 bits per heavy atom. The Morgan fingerprint density at radius 2 is 1.61 bits per heavy atom. The molecule has 1 aromatic rings. The van der Waals surface area contributed by atoms with Gasteiger partial charge in [-0.3, -0.25) is 9.59 Å². The van der Waals surface area contributed by atoms with E-state index >= 15 is 0 Å². The topological polar surface area (TPSA) is 66.4 Å². The minimum Gasteiger partial charge on any atom is -0.393 e. The van der Waals surface area contributed by atoms with E-state index in [0.717, 1.165) is 56.1 Å². The minimum absolute atomic E-state index is 0.0490. The van der Waals surface area contributed by atoms with Crippen molar-refractivity contribution in [3.05, 3.63) is 47.0 Å². The Balaban J connectivity index is 1.38. The number of aliphatic hydroxyl groups is 1. The van der Waals surface area contributed by atoms with Gasteiger partial charge in [0.1, 0.15) is 0 Å². The molecule has 0 radical (unpaired) electrons. The number of hydrogen-bond acceptors (Lipinski definition) is 3. The Bertz CT molecular complexity index is 1260. The van der Waals surface area contributed by atoms with E-state index in [4.69, 9.17) is 0 Å². The molecule has 0 unspecified atom stereocenters. The van der Waals surface area contributed by atoms with Gasteiger partial charge < -0.3 is 10.4 Å². The van der Waals surface area contributed by atoms with Gasteiger partial charge in [-0.15, -0.1) is 0 Å².